The lowest BCUT2D eigenvalue weighted by Crippen LogP contribution is -2.40. The highest BCUT2D eigenvalue weighted by Gasteiger charge is 2.39. The van der Waals surface area contributed by atoms with Crippen LogP contribution in [0.4, 0.5) is 9.52 Å². The Hall–Kier alpha value is -1.70. The summed E-state index contributed by atoms with van der Waals surface area (Å²) in [5.41, 5.74) is 1.13. The van der Waals surface area contributed by atoms with Crippen LogP contribution >= 0.6 is 34.7 Å². The average molecular weight is 436 g/mol. The standard InChI is InChI=1S/C20H19ClFN3OS2/c1-12-11-27-19(23-12)24-20-25(13-6-3-2-4-7-13)18(26)17(28-20)10-14-15(21)8-5-9-16(14)22/h5,8-11,13H,2-4,6-7H2,1H3/b17-10-,24-20+. The van der Waals surface area contributed by atoms with E-state index in [9.17, 15) is 9.18 Å². The van der Waals surface area contributed by atoms with Crippen molar-refractivity contribution in [2.24, 2.45) is 4.99 Å². The first-order chi connectivity index (χ1) is 13.5. The molecule has 2 fully saturated rings. The van der Waals surface area contributed by atoms with E-state index in [1.165, 1.54) is 41.7 Å². The molecule has 0 unspecified atom stereocenters. The van der Waals surface area contributed by atoms with E-state index in [4.69, 9.17) is 11.6 Å². The third-order valence-electron chi connectivity index (χ3n) is 4.85. The number of carbonyl (C=O) groups is 1. The highest BCUT2D eigenvalue weighted by molar-refractivity contribution is 8.18. The Balaban J connectivity index is 1.73. The number of carbonyl (C=O) groups excluding carboxylic acids is 1. The molecule has 0 radical (unpaired) electrons. The molecule has 0 atom stereocenters. The van der Waals surface area contributed by atoms with E-state index in [0.29, 0.717) is 15.2 Å². The molecule has 8 heteroatoms. The van der Waals surface area contributed by atoms with Crippen molar-refractivity contribution in [1.29, 1.82) is 0 Å². The van der Waals surface area contributed by atoms with Crippen LogP contribution in [0.3, 0.4) is 0 Å². The van der Waals surface area contributed by atoms with Crippen molar-refractivity contribution >= 4 is 57.0 Å². The predicted octanol–water partition coefficient (Wildman–Crippen LogP) is 6.18. The summed E-state index contributed by atoms with van der Waals surface area (Å²) >= 11 is 8.86. The molecule has 1 saturated heterocycles. The Morgan fingerprint density at radius 3 is 2.79 bits per heavy atom. The van der Waals surface area contributed by atoms with Crippen molar-refractivity contribution in [3.63, 3.8) is 0 Å². The van der Waals surface area contributed by atoms with Gasteiger partial charge in [-0.2, -0.15) is 4.99 Å². The molecule has 2 aromatic rings. The molecule has 1 aromatic carbocycles. The highest BCUT2D eigenvalue weighted by Crippen LogP contribution is 2.39. The van der Waals surface area contributed by atoms with E-state index in [-0.39, 0.29) is 22.5 Å². The zero-order valence-corrected chi connectivity index (χ0v) is 17.7. The molecule has 1 amide bonds. The fourth-order valence-electron chi connectivity index (χ4n) is 3.48. The average Bonchev–Trinajstić information content (AvgIpc) is 3.22. The van der Waals surface area contributed by atoms with Crippen LogP contribution in [-0.2, 0) is 4.79 Å². The Bertz CT molecular complexity index is 946. The largest absolute Gasteiger partial charge is 0.283 e. The van der Waals surface area contributed by atoms with E-state index in [0.717, 1.165) is 31.4 Å². The maximum absolute atomic E-state index is 14.2. The lowest BCUT2D eigenvalue weighted by Gasteiger charge is -2.30. The summed E-state index contributed by atoms with van der Waals surface area (Å²) in [6.45, 7) is 1.91. The van der Waals surface area contributed by atoms with Gasteiger partial charge < -0.3 is 0 Å². The number of thiazole rings is 1. The van der Waals surface area contributed by atoms with Crippen LogP contribution in [0.25, 0.3) is 6.08 Å². The fraction of sp³-hybridized carbons (Fsp3) is 0.350. The van der Waals surface area contributed by atoms with Crippen LogP contribution in [0.1, 0.15) is 43.4 Å². The minimum Gasteiger partial charge on any atom is -0.283 e. The second-order valence-electron chi connectivity index (χ2n) is 6.88. The van der Waals surface area contributed by atoms with E-state index in [1.54, 1.807) is 17.0 Å². The molecule has 1 aromatic heterocycles. The second-order valence-corrected chi connectivity index (χ2v) is 9.13. The molecule has 1 aliphatic heterocycles. The van der Waals surface area contributed by atoms with Crippen LogP contribution in [0.5, 0.6) is 0 Å². The van der Waals surface area contributed by atoms with Crippen molar-refractivity contribution in [3.8, 4) is 0 Å². The number of nitrogens with zero attached hydrogens (tertiary/aromatic N) is 3. The van der Waals surface area contributed by atoms with Crippen LogP contribution in [0.15, 0.2) is 33.5 Å². The van der Waals surface area contributed by atoms with Crippen molar-refractivity contribution in [3.05, 3.63) is 50.6 Å². The number of rotatable bonds is 3. The van der Waals surface area contributed by atoms with Gasteiger partial charge in [0.05, 0.1) is 15.6 Å². The molecule has 146 valence electrons. The summed E-state index contributed by atoms with van der Waals surface area (Å²) in [7, 11) is 0. The Kier molecular flexibility index (Phi) is 5.85. The maximum Gasteiger partial charge on any atom is 0.267 e. The summed E-state index contributed by atoms with van der Waals surface area (Å²) in [4.78, 5) is 24.5. The van der Waals surface area contributed by atoms with Crippen molar-refractivity contribution in [2.75, 3.05) is 0 Å². The molecule has 2 aliphatic rings. The number of aromatic nitrogens is 1. The number of halogens is 2. The van der Waals surface area contributed by atoms with Gasteiger partial charge in [-0.3, -0.25) is 9.69 Å². The lowest BCUT2D eigenvalue weighted by atomic mass is 9.94. The van der Waals surface area contributed by atoms with Gasteiger partial charge in [-0.1, -0.05) is 36.9 Å². The molecule has 1 saturated carbocycles. The summed E-state index contributed by atoms with van der Waals surface area (Å²) in [6, 6.07) is 4.63. The van der Waals surface area contributed by atoms with Crippen LogP contribution in [0, 0.1) is 12.7 Å². The topological polar surface area (TPSA) is 45.6 Å². The Morgan fingerprint density at radius 2 is 2.11 bits per heavy atom. The van der Waals surface area contributed by atoms with E-state index in [2.05, 4.69) is 9.98 Å². The first-order valence-electron chi connectivity index (χ1n) is 9.21. The van der Waals surface area contributed by atoms with Gasteiger partial charge in [0.15, 0.2) is 5.17 Å². The number of aliphatic imine (C=N–C) groups is 1. The third kappa shape index (κ3) is 4.02. The minimum absolute atomic E-state index is 0.121. The minimum atomic E-state index is -0.446. The van der Waals surface area contributed by atoms with Gasteiger partial charge >= 0.3 is 0 Å². The Labute approximate surface area is 176 Å². The molecular weight excluding hydrogens is 417 g/mol. The number of hydrogen-bond acceptors (Lipinski definition) is 5. The van der Waals surface area contributed by atoms with Gasteiger partial charge in [0, 0.05) is 17.0 Å². The summed E-state index contributed by atoms with van der Waals surface area (Å²) < 4.78 is 14.2. The summed E-state index contributed by atoms with van der Waals surface area (Å²) in [5, 5.41) is 3.46. The maximum atomic E-state index is 14.2. The molecular formula is C20H19ClFN3OS2. The summed E-state index contributed by atoms with van der Waals surface area (Å²) in [6.07, 6.45) is 6.83. The predicted molar refractivity (Wildman–Crippen MR) is 115 cm³/mol. The van der Waals surface area contributed by atoms with Gasteiger partial charge in [0.2, 0.25) is 5.13 Å². The fourth-order valence-corrected chi connectivity index (χ4v) is 5.44. The van der Waals surface area contributed by atoms with Crippen LogP contribution in [-0.4, -0.2) is 27.0 Å². The number of amidine groups is 1. The summed E-state index contributed by atoms with van der Waals surface area (Å²) in [5.74, 6) is -0.582. The Morgan fingerprint density at radius 1 is 1.32 bits per heavy atom. The number of benzene rings is 1. The number of thioether (sulfide) groups is 1. The highest BCUT2D eigenvalue weighted by atomic mass is 35.5. The van der Waals surface area contributed by atoms with E-state index >= 15 is 0 Å². The first-order valence-corrected chi connectivity index (χ1v) is 11.3. The zero-order chi connectivity index (χ0) is 19.7. The number of aryl methyl sites for hydroxylation is 1. The third-order valence-corrected chi connectivity index (χ3v) is 7.01. The van der Waals surface area contributed by atoms with Gasteiger partial charge in [0.25, 0.3) is 5.91 Å². The monoisotopic (exact) mass is 435 g/mol. The van der Waals surface area contributed by atoms with Crippen molar-refractivity contribution in [1.82, 2.24) is 9.88 Å². The van der Waals surface area contributed by atoms with E-state index in [1.807, 2.05) is 12.3 Å². The molecule has 4 rings (SSSR count). The molecule has 0 bridgehead atoms. The SMILES string of the molecule is Cc1csc(/N=C2/S/C(=C\c3c(F)cccc3Cl)C(=O)N2C2CCCCC2)n1. The van der Waals surface area contributed by atoms with Crippen molar-refractivity contribution < 1.29 is 9.18 Å². The molecule has 28 heavy (non-hydrogen) atoms. The van der Waals surface area contributed by atoms with E-state index < -0.39 is 5.82 Å². The number of hydrogen-bond donors (Lipinski definition) is 0. The molecule has 2 heterocycles. The lowest BCUT2D eigenvalue weighted by molar-refractivity contribution is -0.124. The van der Waals surface area contributed by atoms with Gasteiger partial charge in [0.1, 0.15) is 5.82 Å². The van der Waals surface area contributed by atoms with Crippen LogP contribution in [0.2, 0.25) is 5.02 Å². The van der Waals surface area contributed by atoms with Crippen LogP contribution < -0.4 is 0 Å². The molecule has 0 N–H and O–H groups in total. The molecule has 4 nitrogen and oxygen atoms in total. The van der Waals surface area contributed by atoms with Gasteiger partial charge in [-0.15, -0.1) is 11.3 Å². The van der Waals surface area contributed by atoms with Gasteiger partial charge in [-0.05, 0) is 49.7 Å². The molecule has 0 spiro atoms. The quantitative estimate of drug-likeness (QED) is 0.540. The van der Waals surface area contributed by atoms with Crippen molar-refractivity contribution in [2.45, 2.75) is 45.1 Å². The number of amides is 1. The smallest absolute Gasteiger partial charge is 0.267 e. The van der Waals surface area contributed by atoms with Gasteiger partial charge in [-0.25, -0.2) is 9.37 Å². The normalized spacial score (nSPS) is 21.2. The first kappa shape index (κ1) is 19.6. The second kappa shape index (κ2) is 8.35. The molecule has 1 aliphatic carbocycles. The zero-order valence-electron chi connectivity index (χ0n) is 15.3.